The standard InChI is InChI=1S/C25H32/c1-9-11-20-17-21(24(4,5)6)13-15-23(20)25(7,8)22-14-12-18(3)16-19(22)10-2/h9-10,12-17H,1-2,11H2,3-8H3. The van der Waals surface area contributed by atoms with Gasteiger partial charge in [0.05, 0.1) is 0 Å². The van der Waals surface area contributed by atoms with Gasteiger partial charge in [0.25, 0.3) is 0 Å². The van der Waals surface area contributed by atoms with Crippen molar-refractivity contribution in [3.05, 3.63) is 89.0 Å². The van der Waals surface area contributed by atoms with Gasteiger partial charge in [-0.3, -0.25) is 0 Å². The highest BCUT2D eigenvalue weighted by molar-refractivity contribution is 5.59. The molecule has 0 aromatic heterocycles. The Kier molecular flexibility index (Phi) is 5.42. The molecule has 0 aliphatic heterocycles. The number of aryl methyl sites for hydroxylation is 1. The molecule has 0 fully saturated rings. The van der Waals surface area contributed by atoms with Crippen LogP contribution in [0.1, 0.15) is 68.0 Å². The molecule has 0 saturated heterocycles. The molecule has 0 nitrogen and oxygen atoms in total. The van der Waals surface area contributed by atoms with Crippen LogP contribution in [-0.2, 0) is 17.3 Å². The van der Waals surface area contributed by atoms with E-state index in [1.165, 1.54) is 33.4 Å². The molecule has 0 atom stereocenters. The highest BCUT2D eigenvalue weighted by Gasteiger charge is 2.28. The highest BCUT2D eigenvalue weighted by atomic mass is 14.3. The molecule has 0 aliphatic rings. The molecule has 25 heavy (non-hydrogen) atoms. The van der Waals surface area contributed by atoms with Crippen LogP contribution in [0.4, 0.5) is 0 Å². The van der Waals surface area contributed by atoms with Crippen molar-refractivity contribution in [2.24, 2.45) is 0 Å². The number of allylic oxidation sites excluding steroid dienone is 1. The molecule has 2 aromatic rings. The van der Waals surface area contributed by atoms with Gasteiger partial charge in [0, 0.05) is 5.41 Å². The van der Waals surface area contributed by atoms with Crippen LogP contribution in [0.5, 0.6) is 0 Å². The molecule has 2 rings (SSSR count). The summed E-state index contributed by atoms with van der Waals surface area (Å²) < 4.78 is 0. The highest BCUT2D eigenvalue weighted by Crippen LogP contribution is 2.38. The van der Waals surface area contributed by atoms with Crippen LogP contribution >= 0.6 is 0 Å². The summed E-state index contributed by atoms with van der Waals surface area (Å²) in [4.78, 5) is 0. The number of hydrogen-bond acceptors (Lipinski definition) is 0. The van der Waals surface area contributed by atoms with E-state index in [9.17, 15) is 0 Å². The van der Waals surface area contributed by atoms with Gasteiger partial charge in [-0.25, -0.2) is 0 Å². The van der Waals surface area contributed by atoms with Gasteiger partial charge in [0.1, 0.15) is 0 Å². The van der Waals surface area contributed by atoms with Crippen LogP contribution < -0.4 is 0 Å². The van der Waals surface area contributed by atoms with Crippen molar-refractivity contribution in [2.75, 3.05) is 0 Å². The Morgan fingerprint density at radius 2 is 1.52 bits per heavy atom. The smallest absolute Gasteiger partial charge is 0.0155 e. The minimum absolute atomic E-state index is 0.0913. The van der Waals surface area contributed by atoms with E-state index in [1.54, 1.807) is 0 Å². The first kappa shape index (κ1) is 19.2. The van der Waals surface area contributed by atoms with Crippen LogP contribution in [0.2, 0.25) is 0 Å². The second-order valence-corrected chi connectivity index (χ2v) is 8.53. The van der Waals surface area contributed by atoms with Crippen LogP contribution in [0, 0.1) is 6.92 Å². The van der Waals surface area contributed by atoms with Crippen molar-refractivity contribution >= 4 is 6.08 Å². The van der Waals surface area contributed by atoms with Gasteiger partial charge in [-0.2, -0.15) is 0 Å². The largest absolute Gasteiger partial charge is 0.103 e. The first-order chi connectivity index (χ1) is 11.6. The van der Waals surface area contributed by atoms with E-state index in [2.05, 4.69) is 91.1 Å². The first-order valence-corrected chi connectivity index (χ1v) is 9.09. The van der Waals surface area contributed by atoms with Crippen molar-refractivity contribution in [1.82, 2.24) is 0 Å². The zero-order valence-corrected chi connectivity index (χ0v) is 16.7. The van der Waals surface area contributed by atoms with Gasteiger partial charge >= 0.3 is 0 Å². The predicted molar refractivity (Wildman–Crippen MR) is 112 cm³/mol. The third-order valence-electron chi connectivity index (χ3n) is 5.11. The number of hydrogen-bond donors (Lipinski definition) is 0. The summed E-state index contributed by atoms with van der Waals surface area (Å²) in [6.07, 6.45) is 4.86. The van der Waals surface area contributed by atoms with Crippen molar-refractivity contribution in [1.29, 1.82) is 0 Å². The fourth-order valence-corrected chi connectivity index (χ4v) is 3.56. The summed E-state index contributed by atoms with van der Waals surface area (Å²) in [6, 6.07) is 13.6. The molecule has 132 valence electrons. The topological polar surface area (TPSA) is 0 Å². The fourth-order valence-electron chi connectivity index (χ4n) is 3.56. The molecule has 0 unspecified atom stereocenters. The monoisotopic (exact) mass is 332 g/mol. The summed E-state index contributed by atoms with van der Waals surface area (Å²) in [6.45, 7) is 21.5. The Morgan fingerprint density at radius 3 is 2.08 bits per heavy atom. The lowest BCUT2D eigenvalue weighted by Crippen LogP contribution is -2.23. The van der Waals surface area contributed by atoms with Crippen molar-refractivity contribution < 1.29 is 0 Å². The lowest BCUT2D eigenvalue weighted by Gasteiger charge is -2.32. The van der Waals surface area contributed by atoms with Gasteiger partial charge in [0.15, 0.2) is 0 Å². The quantitative estimate of drug-likeness (QED) is 0.518. The van der Waals surface area contributed by atoms with E-state index < -0.39 is 0 Å². The molecular weight excluding hydrogens is 300 g/mol. The van der Waals surface area contributed by atoms with Gasteiger partial charge in [-0.1, -0.05) is 95.3 Å². The van der Waals surface area contributed by atoms with Crippen molar-refractivity contribution in [2.45, 2.75) is 58.8 Å². The molecule has 0 saturated carbocycles. The Morgan fingerprint density at radius 1 is 0.880 bits per heavy atom. The van der Waals surface area contributed by atoms with Gasteiger partial charge in [-0.05, 0) is 46.6 Å². The number of rotatable bonds is 5. The maximum atomic E-state index is 4.03. The summed E-state index contributed by atoms with van der Waals surface area (Å²) >= 11 is 0. The van der Waals surface area contributed by atoms with Crippen LogP contribution in [-0.4, -0.2) is 0 Å². The number of benzene rings is 2. The molecule has 0 aliphatic carbocycles. The molecule has 0 heterocycles. The van der Waals surface area contributed by atoms with Crippen LogP contribution in [0.25, 0.3) is 6.08 Å². The Bertz CT molecular complexity index is 782. The summed E-state index contributed by atoms with van der Waals surface area (Å²) in [5.41, 5.74) is 7.97. The molecule has 0 bridgehead atoms. The molecule has 0 heteroatoms. The molecule has 0 radical (unpaired) electrons. The van der Waals surface area contributed by atoms with Gasteiger partial charge < -0.3 is 0 Å². The van der Waals surface area contributed by atoms with E-state index in [1.807, 2.05) is 12.2 Å². The lowest BCUT2D eigenvalue weighted by atomic mass is 9.72. The summed E-state index contributed by atoms with van der Waals surface area (Å²) in [7, 11) is 0. The minimum atomic E-state index is -0.0913. The Balaban J connectivity index is 2.66. The molecule has 2 aromatic carbocycles. The Hall–Kier alpha value is -2.08. The van der Waals surface area contributed by atoms with E-state index >= 15 is 0 Å². The van der Waals surface area contributed by atoms with E-state index in [0.717, 1.165) is 6.42 Å². The van der Waals surface area contributed by atoms with Crippen molar-refractivity contribution in [3.63, 3.8) is 0 Å². The zero-order chi connectivity index (χ0) is 18.8. The molecule has 0 spiro atoms. The van der Waals surface area contributed by atoms with Crippen molar-refractivity contribution in [3.8, 4) is 0 Å². The third kappa shape index (κ3) is 3.95. The van der Waals surface area contributed by atoms with E-state index in [-0.39, 0.29) is 10.8 Å². The average molecular weight is 333 g/mol. The van der Waals surface area contributed by atoms with E-state index in [0.29, 0.717) is 0 Å². The van der Waals surface area contributed by atoms with Crippen LogP contribution in [0.3, 0.4) is 0 Å². The fraction of sp³-hybridized carbons (Fsp3) is 0.360. The van der Waals surface area contributed by atoms with E-state index in [4.69, 9.17) is 0 Å². The SMILES string of the molecule is C=CCc1cc(C(C)(C)C)ccc1C(C)(C)c1ccc(C)cc1C=C. The average Bonchev–Trinajstić information content (AvgIpc) is 2.53. The molecular formula is C25H32. The minimum Gasteiger partial charge on any atom is -0.103 e. The zero-order valence-electron chi connectivity index (χ0n) is 16.7. The normalized spacial score (nSPS) is 12.1. The Labute approximate surface area is 154 Å². The first-order valence-electron chi connectivity index (χ1n) is 9.09. The maximum absolute atomic E-state index is 4.03. The lowest BCUT2D eigenvalue weighted by molar-refractivity contribution is 0.584. The summed E-state index contributed by atoms with van der Waals surface area (Å²) in [5, 5.41) is 0. The maximum Gasteiger partial charge on any atom is 0.0155 e. The second-order valence-electron chi connectivity index (χ2n) is 8.53. The molecule has 0 N–H and O–H groups in total. The van der Waals surface area contributed by atoms with Gasteiger partial charge in [0.2, 0.25) is 0 Å². The third-order valence-corrected chi connectivity index (χ3v) is 5.11. The van der Waals surface area contributed by atoms with Gasteiger partial charge in [-0.15, -0.1) is 6.58 Å². The van der Waals surface area contributed by atoms with Crippen LogP contribution in [0.15, 0.2) is 55.6 Å². The summed E-state index contributed by atoms with van der Waals surface area (Å²) in [5.74, 6) is 0. The second kappa shape index (κ2) is 7.04. The molecule has 0 amide bonds. The predicted octanol–water partition coefficient (Wildman–Crippen LogP) is 6.99.